The van der Waals surface area contributed by atoms with Crippen molar-refractivity contribution in [2.75, 3.05) is 0 Å². The maximum absolute atomic E-state index is 6.24. The lowest BCUT2D eigenvalue weighted by Gasteiger charge is -2.01. The highest BCUT2D eigenvalue weighted by atomic mass is 35.5. The first-order valence-corrected chi connectivity index (χ1v) is 8.19. The number of thiazole rings is 1. The molecule has 2 aromatic heterocycles. The van der Waals surface area contributed by atoms with Gasteiger partial charge in [-0.2, -0.15) is 0 Å². The summed E-state index contributed by atoms with van der Waals surface area (Å²) in [6.45, 7) is 2.16. The summed E-state index contributed by atoms with van der Waals surface area (Å²) in [5.74, 6) is 0. The maximum Gasteiger partial charge on any atom is 0.124 e. The Morgan fingerprint density at radius 3 is 2.86 bits per heavy atom. The molecule has 2 heterocycles. The predicted octanol–water partition coefficient (Wildman–Crippen LogP) is 5.48. The largest absolute Gasteiger partial charge is 0.261 e. The molecule has 2 nitrogen and oxygen atoms in total. The Kier molecular flexibility index (Phi) is 4.32. The molecule has 0 saturated carbocycles. The van der Waals surface area contributed by atoms with Crippen LogP contribution < -0.4 is 0 Å². The van der Waals surface area contributed by atoms with Gasteiger partial charge in [0.05, 0.1) is 5.69 Å². The van der Waals surface area contributed by atoms with Crippen LogP contribution in [0.1, 0.15) is 19.0 Å². The van der Waals surface area contributed by atoms with Gasteiger partial charge in [0.15, 0.2) is 0 Å². The van der Waals surface area contributed by atoms with Crippen molar-refractivity contribution in [1.82, 2.24) is 9.97 Å². The molecule has 0 amide bonds. The zero-order valence-corrected chi connectivity index (χ0v) is 13.3. The number of rotatable bonds is 4. The molecule has 0 aliphatic carbocycles. The van der Waals surface area contributed by atoms with Gasteiger partial charge in [-0.15, -0.1) is 11.3 Å². The highest BCUT2D eigenvalue weighted by molar-refractivity contribution is 7.13. The zero-order valence-electron chi connectivity index (χ0n) is 11.7. The van der Waals surface area contributed by atoms with E-state index in [0.717, 1.165) is 45.4 Å². The van der Waals surface area contributed by atoms with Crippen LogP contribution in [0.5, 0.6) is 0 Å². The van der Waals surface area contributed by atoms with Crippen LogP contribution in [0.2, 0.25) is 5.02 Å². The fourth-order valence-corrected chi connectivity index (χ4v) is 3.25. The van der Waals surface area contributed by atoms with Crippen LogP contribution in [0.3, 0.4) is 0 Å². The van der Waals surface area contributed by atoms with Gasteiger partial charge in [-0.05, 0) is 24.6 Å². The van der Waals surface area contributed by atoms with E-state index in [-0.39, 0.29) is 0 Å². The number of halogens is 1. The Labute approximate surface area is 133 Å². The van der Waals surface area contributed by atoms with E-state index in [4.69, 9.17) is 16.6 Å². The molecule has 3 aromatic rings. The fourth-order valence-electron chi connectivity index (χ4n) is 2.20. The zero-order chi connectivity index (χ0) is 14.7. The van der Waals surface area contributed by atoms with Gasteiger partial charge in [0, 0.05) is 33.4 Å². The summed E-state index contributed by atoms with van der Waals surface area (Å²) in [5, 5.41) is 3.79. The molecular formula is C17H15ClN2S. The van der Waals surface area contributed by atoms with Crippen LogP contribution >= 0.6 is 22.9 Å². The number of benzene rings is 1. The van der Waals surface area contributed by atoms with Gasteiger partial charge in [0.1, 0.15) is 5.01 Å². The quantitative estimate of drug-likeness (QED) is 0.637. The molecule has 0 spiro atoms. The molecule has 0 fully saturated rings. The Balaban J connectivity index is 1.95. The predicted molar refractivity (Wildman–Crippen MR) is 89.8 cm³/mol. The van der Waals surface area contributed by atoms with Crippen molar-refractivity contribution < 1.29 is 0 Å². The molecule has 0 radical (unpaired) electrons. The second kappa shape index (κ2) is 6.37. The average Bonchev–Trinajstić information content (AvgIpc) is 2.98. The molecular weight excluding hydrogens is 300 g/mol. The van der Waals surface area contributed by atoms with Gasteiger partial charge < -0.3 is 0 Å². The normalized spacial score (nSPS) is 10.8. The highest BCUT2D eigenvalue weighted by Gasteiger charge is 2.09. The third kappa shape index (κ3) is 3.14. The maximum atomic E-state index is 6.24. The second-order valence-corrected chi connectivity index (χ2v) is 6.07. The molecule has 4 heteroatoms. The van der Waals surface area contributed by atoms with Crippen LogP contribution in [0.15, 0.2) is 48.0 Å². The molecule has 21 heavy (non-hydrogen) atoms. The van der Waals surface area contributed by atoms with Crippen LogP contribution in [-0.4, -0.2) is 9.97 Å². The van der Waals surface area contributed by atoms with E-state index in [1.54, 1.807) is 11.3 Å². The lowest BCUT2D eigenvalue weighted by atomic mass is 10.1. The molecule has 106 valence electrons. The minimum absolute atomic E-state index is 0.732. The standard InChI is InChI=1S/C17H15ClN2S/c1-2-5-13-10-12(8-9-19-13)17-20-16(11-21-17)14-6-3-4-7-15(14)18/h3-4,6-11H,2,5H2,1H3. The first-order chi connectivity index (χ1) is 10.3. The van der Waals surface area contributed by atoms with E-state index in [2.05, 4.69) is 23.4 Å². The van der Waals surface area contributed by atoms with Crippen LogP contribution in [0.25, 0.3) is 21.8 Å². The van der Waals surface area contributed by atoms with Gasteiger partial charge in [-0.3, -0.25) is 4.98 Å². The summed E-state index contributed by atoms with van der Waals surface area (Å²) in [4.78, 5) is 9.11. The topological polar surface area (TPSA) is 25.8 Å². The highest BCUT2D eigenvalue weighted by Crippen LogP contribution is 2.32. The summed E-state index contributed by atoms with van der Waals surface area (Å²) in [5.41, 5.74) is 4.14. The Hall–Kier alpha value is -1.71. The molecule has 0 saturated heterocycles. The third-order valence-electron chi connectivity index (χ3n) is 3.22. The number of aryl methyl sites for hydroxylation is 1. The van der Waals surface area contributed by atoms with Crippen LogP contribution in [0, 0.1) is 0 Å². The summed E-state index contributed by atoms with van der Waals surface area (Å²) in [6, 6.07) is 11.9. The van der Waals surface area contributed by atoms with Gasteiger partial charge in [0.2, 0.25) is 0 Å². The van der Waals surface area contributed by atoms with E-state index in [0.29, 0.717) is 0 Å². The van der Waals surface area contributed by atoms with E-state index in [1.165, 1.54) is 0 Å². The molecule has 0 aliphatic rings. The number of hydrogen-bond donors (Lipinski definition) is 0. The molecule has 0 aliphatic heterocycles. The van der Waals surface area contributed by atoms with Crippen molar-refractivity contribution >= 4 is 22.9 Å². The molecule has 1 aromatic carbocycles. The molecule has 0 unspecified atom stereocenters. The molecule has 0 bridgehead atoms. The summed E-state index contributed by atoms with van der Waals surface area (Å²) >= 11 is 7.87. The minimum atomic E-state index is 0.732. The first kappa shape index (κ1) is 14.2. The molecule has 0 atom stereocenters. The second-order valence-electron chi connectivity index (χ2n) is 4.80. The van der Waals surface area contributed by atoms with E-state index in [9.17, 15) is 0 Å². The van der Waals surface area contributed by atoms with E-state index < -0.39 is 0 Å². The first-order valence-electron chi connectivity index (χ1n) is 6.93. The van der Waals surface area contributed by atoms with Crippen molar-refractivity contribution in [3.05, 3.63) is 58.7 Å². The van der Waals surface area contributed by atoms with Crippen molar-refractivity contribution in [3.8, 4) is 21.8 Å². The van der Waals surface area contributed by atoms with Crippen molar-refractivity contribution in [3.63, 3.8) is 0 Å². The Bertz CT molecular complexity index is 752. The van der Waals surface area contributed by atoms with E-state index >= 15 is 0 Å². The molecule has 3 rings (SSSR count). The van der Waals surface area contributed by atoms with Gasteiger partial charge >= 0.3 is 0 Å². The van der Waals surface area contributed by atoms with Gasteiger partial charge in [-0.1, -0.05) is 43.1 Å². The van der Waals surface area contributed by atoms with Gasteiger partial charge in [-0.25, -0.2) is 4.98 Å². The van der Waals surface area contributed by atoms with Crippen LogP contribution in [0.4, 0.5) is 0 Å². The van der Waals surface area contributed by atoms with Gasteiger partial charge in [0.25, 0.3) is 0 Å². The Morgan fingerprint density at radius 1 is 1.19 bits per heavy atom. The van der Waals surface area contributed by atoms with Crippen molar-refractivity contribution in [1.29, 1.82) is 0 Å². The van der Waals surface area contributed by atoms with Crippen LogP contribution in [-0.2, 0) is 6.42 Å². The third-order valence-corrected chi connectivity index (χ3v) is 4.44. The minimum Gasteiger partial charge on any atom is -0.261 e. The average molecular weight is 315 g/mol. The smallest absolute Gasteiger partial charge is 0.124 e. The lowest BCUT2D eigenvalue weighted by molar-refractivity contribution is 0.883. The SMILES string of the molecule is CCCc1cc(-c2nc(-c3ccccc3Cl)cs2)ccn1. The molecule has 0 N–H and O–H groups in total. The number of hydrogen-bond acceptors (Lipinski definition) is 3. The summed E-state index contributed by atoms with van der Waals surface area (Å²) in [6.07, 6.45) is 3.95. The lowest BCUT2D eigenvalue weighted by Crippen LogP contribution is -1.89. The number of pyridine rings is 1. The number of aromatic nitrogens is 2. The van der Waals surface area contributed by atoms with Crippen molar-refractivity contribution in [2.45, 2.75) is 19.8 Å². The summed E-state index contributed by atoms with van der Waals surface area (Å²) in [7, 11) is 0. The number of nitrogens with zero attached hydrogens (tertiary/aromatic N) is 2. The summed E-state index contributed by atoms with van der Waals surface area (Å²) < 4.78 is 0. The monoisotopic (exact) mass is 314 g/mol. The fraction of sp³-hybridized carbons (Fsp3) is 0.176. The van der Waals surface area contributed by atoms with Crippen molar-refractivity contribution in [2.24, 2.45) is 0 Å². The van der Waals surface area contributed by atoms with E-state index in [1.807, 2.05) is 36.5 Å². The Morgan fingerprint density at radius 2 is 2.05 bits per heavy atom.